The van der Waals surface area contributed by atoms with Crippen molar-refractivity contribution in [2.75, 3.05) is 0 Å². The number of ketones is 4. The molecule has 0 aromatic rings. The highest BCUT2D eigenvalue weighted by Gasteiger charge is 2.12. The zero-order valence-electron chi connectivity index (χ0n) is 7.75. The zero-order valence-corrected chi connectivity index (χ0v) is 7.75. The van der Waals surface area contributed by atoms with Gasteiger partial charge in [0.05, 0.1) is 19.3 Å². The minimum Gasteiger partial charge on any atom is -0.300 e. The summed E-state index contributed by atoms with van der Waals surface area (Å²) in [4.78, 5) is 42.7. The maximum absolute atomic E-state index is 10.9. The van der Waals surface area contributed by atoms with Crippen molar-refractivity contribution >= 4 is 23.1 Å². The quantitative estimate of drug-likeness (QED) is 0.563. The van der Waals surface area contributed by atoms with Crippen LogP contribution in [0.4, 0.5) is 0 Å². The van der Waals surface area contributed by atoms with E-state index < -0.39 is 11.6 Å². The fourth-order valence-corrected chi connectivity index (χ4v) is 0.900. The SMILES string of the molecule is CC(=O)CC(=O)CC(=O)CC(C)=O. The first kappa shape index (κ1) is 11.7. The van der Waals surface area contributed by atoms with Crippen LogP contribution >= 0.6 is 0 Å². The van der Waals surface area contributed by atoms with Crippen LogP contribution in [0.1, 0.15) is 33.1 Å². The highest BCUT2D eigenvalue weighted by Crippen LogP contribution is 1.96. The molecule has 0 aliphatic heterocycles. The van der Waals surface area contributed by atoms with Gasteiger partial charge in [-0.25, -0.2) is 0 Å². The lowest BCUT2D eigenvalue weighted by atomic mass is 10.1. The molecular weight excluding hydrogens is 172 g/mol. The van der Waals surface area contributed by atoms with E-state index in [9.17, 15) is 19.2 Å². The highest BCUT2D eigenvalue weighted by atomic mass is 16.2. The summed E-state index contributed by atoms with van der Waals surface area (Å²) >= 11 is 0. The van der Waals surface area contributed by atoms with Crippen LogP contribution < -0.4 is 0 Å². The van der Waals surface area contributed by atoms with E-state index in [2.05, 4.69) is 0 Å². The van der Waals surface area contributed by atoms with Crippen LogP contribution in [0.5, 0.6) is 0 Å². The van der Waals surface area contributed by atoms with Gasteiger partial charge in [-0.15, -0.1) is 0 Å². The summed E-state index contributed by atoms with van der Waals surface area (Å²) < 4.78 is 0. The van der Waals surface area contributed by atoms with Crippen molar-refractivity contribution in [1.82, 2.24) is 0 Å². The van der Waals surface area contributed by atoms with Gasteiger partial charge < -0.3 is 0 Å². The Morgan fingerprint density at radius 2 is 1.00 bits per heavy atom. The Labute approximate surface area is 76.3 Å². The first-order valence-corrected chi connectivity index (χ1v) is 3.94. The summed E-state index contributed by atoms with van der Waals surface area (Å²) in [6.45, 7) is 2.57. The molecule has 0 amide bonds. The maximum atomic E-state index is 10.9. The number of Topliss-reactive ketones (excluding diaryl/α,β-unsaturated/α-hetero) is 4. The Bertz CT molecular complexity index is 226. The Hall–Kier alpha value is -1.32. The molecule has 0 aromatic heterocycles. The molecule has 0 radical (unpaired) electrons. The minimum absolute atomic E-state index is 0.219. The average Bonchev–Trinajstić information content (AvgIpc) is 1.80. The molecule has 13 heavy (non-hydrogen) atoms. The molecule has 0 aromatic carbocycles. The molecule has 0 rings (SSSR count). The normalized spacial score (nSPS) is 9.38. The van der Waals surface area contributed by atoms with Gasteiger partial charge in [-0.05, 0) is 13.8 Å². The summed E-state index contributed by atoms with van der Waals surface area (Å²) in [7, 11) is 0. The largest absolute Gasteiger partial charge is 0.300 e. The third kappa shape index (κ3) is 7.05. The molecule has 0 saturated heterocycles. The lowest BCUT2D eigenvalue weighted by Crippen LogP contribution is -2.12. The second-order valence-electron chi connectivity index (χ2n) is 3.01. The van der Waals surface area contributed by atoms with Crippen molar-refractivity contribution in [3.63, 3.8) is 0 Å². The van der Waals surface area contributed by atoms with E-state index in [1.54, 1.807) is 0 Å². The Morgan fingerprint density at radius 1 is 0.692 bits per heavy atom. The van der Waals surface area contributed by atoms with Gasteiger partial charge in [0.2, 0.25) is 0 Å². The maximum Gasteiger partial charge on any atom is 0.147 e. The van der Waals surface area contributed by atoms with Crippen LogP contribution in [-0.4, -0.2) is 23.1 Å². The first-order valence-electron chi connectivity index (χ1n) is 3.94. The molecule has 72 valence electrons. The number of carbonyl (C=O) groups is 4. The average molecular weight is 184 g/mol. The Morgan fingerprint density at radius 3 is 1.23 bits per heavy atom. The third-order valence-electron chi connectivity index (χ3n) is 1.29. The predicted octanol–water partition coefficient (Wildman–Crippen LogP) is 0.473. The zero-order chi connectivity index (χ0) is 10.4. The molecule has 4 nitrogen and oxygen atoms in total. The van der Waals surface area contributed by atoms with Gasteiger partial charge in [0, 0.05) is 0 Å². The summed E-state index contributed by atoms with van der Waals surface area (Å²) in [5.74, 6) is -1.36. The van der Waals surface area contributed by atoms with Gasteiger partial charge in [0.1, 0.15) is 23.1 Å². The Kier molecular flexibility index (Phi) is 4.80. The van der Waals surface area contributed by atoms with Crippen molar-refractivity contribution in [3.05, 3.63) is 0 Å². The van der Waals surface area contributed by atoms with Crippen molar-refractivity contribution in [1.29, 1.82) is 0 Å². The summed E-state index contributed by atoms with van der Waals surface area (Å²) in [5, 5.41) is 0. The number of hydrogen-bond acceptors (Lipinski definition) is 4. The molecule has 0 fully saturated rings. The van der Waals surface area contributed by atoms with Crippen LogP contribution in [0.15, 0.2) is 0 Å². The minimum atomic E-state index is -0.418. The van der Waals surface area contributed by atoms with Crippen LogP contribution in [0.2, 0.25) is 0 Å². The van der Waals surface area contributed by atoms with Gasteiger partial charge in [-0.3, -0.25) is 19.2 Å². The van der Waals surface area contributed by atoms with Crippen LogP contribution in [-0.2, 0) is 19.2 Å². The summed E-state index contributed by atoms with van der Waals surface area (Å²) in [5.41, 5.74) is 0. The number of rotatable bonds is 6. The summed E-state index contributed by atoms with van der Waals surface area (Å²) in [6.07, 6.45) is -0.744. The molecule has 0 saturated carbocycles. The molecule has 0 aliphatic carbocycles. The predicted molar refractivity (Wildman–Crippen MR) is 45.2 cm³/mol. The molecule has 0 atom stereocenters. The van der Waals surface area contributed by atoms with E-state index in [0.717, 1.165) is 0 Å². The number of hydrogen-bond donors (Lipinski definition) is 0. The third-order valence-corrected chi connectivity index (χ3v) is 1.29. The lowest BCUT2D eigenvalue weighted by molar-refractivity contribution is -0.130. The Balaban J connectivity index is 3.85. The smallest absolute Gasteiger partial charge is 0.147 e. The van der Waals surface area contributed by atoms with E-state index in [-0.39, 0.29) is 30.8 Å². The van der Waals surface area contributed by atoms with Crippen molar-refractivity contribution in [3.8, 4) is 0 Å². The van der Waals surface area contributed by atoms with Crippen molar-refractivity contribution < 1.29 is 19.2 Å². The molecule has 0 spiro atoms. The van der Waals surface area contributed by atoms with Crippen LogP contribution in [0.25, 0.3) is 0 Å². The molecule has 4 heteroatoms. The first-order chi connectivity index (χ1) is 5.91. The van der Waals surface area contributed by atoms with E-state index in [0.29, 0.717) is 0 Å². The van der Waals surface area contributed by atoms with Crippen molar-refractivity contribution in [2.45, 2.75) is 33.1 Å². The second-order valence-corrected chi connectivity index (χ2v) is 3.01. The van der Waals surface area contributed by atoms with E-state index in [4.69, 9.17) is 0 Å². The topological polar surface area (TPSA) is 68.3 Å². The summed E-state index contributed by atoms with van der Waals surface area (Å²) in [6, 6.07) is 0. The van der Waals surface area contributed by atoms with Gasteiger partial charge in [-0.1, -0.05) is 0 Å². The number of carbonyl (C=O) groups excluding carboxylic acids is 4. The molecule has 0 heterocycles. The van der Waals surface area contributed by atoms with Crippen molar-refractivity contribution in [2.24, 2.45) is 0 Å². The monoisotopic (exact) mass is 184 g/mol. The van der Waals surface area contributed by atoms with Gasteiger partial charge in [-0.2, -0.15) is 0 Å². The molecule has 0 bridgehead atoms. The van der Waals surface area contributed by atoms with Gasteiger partial charge >= 0.3 is 0 Å². The molecule has 0 unspecified atom stereocenters. The fraction of sp³-hybridized carbons (Fsp3) is 0.556. The molecular formula is C9H12O4. The second kappa shape index (κ2) is 5.35. The van der Waals surface area contributed by atoms with Gasteiger partial charge in [0.15, 0.2) is 0 Å². The van der Waals surface area contributed by atoms with Crippen LogP contribution in [0, 0.1) is 0 Å². The van der Waals surface area contributed by atoms with Crippen LogP contribution in [0.3, 0.4) is 0 Å². The molecule has 0 aliphatic rings. The lowest BCUT2D eigenvalue weighted by Gasteiger charge is -1.95. The fourth-order valence-electron chi connectivity index (χ4n) is 0.900. The molecule has 0 N–H and O–H groups in total. The standard InChI is InChI=1S/C9H12O4/c1-6(10)3-8(12)5-9(13)4-7(2)11/h3-5H2,1-2H3. The highest BCUT2D eigenvalue weighted by molar-refractivity contribution is 6.10. The van der Waals surface area contributed by atoms with E-state index in [1.807, 2.05) is 0 Å². The van der Waals surface area contributed by atoms with E-state index >= 15 is 0 Å². The van der Waals surface area contributed by atoms with Gasteiger partial charge in [0.25, 0.3) is 0 Å². The van der Waals surface area contributed by atoms with E-state index in [1.165, 1.54) is 13.8 Å².